The number of oxazole rings is 1. The monoisotopic (exact) mass is 484 g/mol. The smallest absolute Gasteiger partial charge is 0.213 e. The van der Waals surface area contributed by atoms with E-state index in [9.17, 15) is 0 Å². The number of nitrogens with one attached hydrogen (secondary N) is 2. The summed E-state index contributed by atoms with van der Waals surface area (Å²) in [6.45, 7) is 14.2. The van der Waals surface area contributed by atoms with Gasteiger partial charge in [-0.05, 0) is 12.5 Å². The average Bonchev–Trinajstić information content (AvgIpc) is 3.04. The van der Waals surface area contributed by atoms with Gasteiger partial charge >= 0.3 is 0 Å². The molecule has 0 atom stereocenters. The zero-order valence-electron chi connectivity index (χ0n) is 17.5. The van der Waals surface area contributed by atoms with Gasteiger partial charge < -0.3 is 15.1 Å². The standard InChI is InChI=1S/C21H32N4O.HI/c1-15-9-8-10-16(11-15)21(5,6)14-25-19(22-7)24-13-18-23-12-17(26-18)20(2,3)4;/h8-12H,13-14H2,1-7H3,(H2,22,24,25);1H. The largest absolute Gasteiger partial charge is 0.443 e. The van der Waals surface area contributed by atoms with Gasteiger partial charge in [-0.2, -0.15) is 0 Å². The molecule has 6 heteroatoms. The third kappa shape index (κ3) is 6.83. The van der Waals surface area contributed by atoms with Gasteiger partial charge in [-0.15, -0.1) is 24.0 Å². The molecule has 1 aromatic heterocycles. The molecule has 5 nitrogen and oxygen atoms in total. The van der Waals surface area contributed by atoms with E-state index in [2.05, 4.69) is 86.4 Å². The first-order valence-electron chi connectivity index (χ1n) is 9.09. The number of hydrogen-bond acceptors (Lipinski definition) is 3. The molecule has 0 saturated heterocycles. The lowest BCUT2D eigenvalue weighted by Gasteiger charge is -2.27. The van der Waals surface area contributed by atoms with Crippen LogP contribution < -0.4 is 10.6 Å². The number of guanidine groups is 1. The van der Waals surface area contributed by atoms with Crippen LogP contribution in [0.15, 0.2) is 39.9 Å². The van der Waals surface area contributed by atoms with E-state index in [4.69, 9.17) is 4.42 Å². The van der Waals surface area contributed by atoms with E-state index in [1.807, 2.05) is 0 Å². The van der Waals surface area contributed by atoms with Crippen LogP contribution in [0.1, 0.15) is 57.4 Å². The molecular weight excluding hydrogens is 451 g/mol. The highest BCUT2D eigenvalue weighted by Crippen LogP contribution is 2.23. The number of hydrogen-bond donors (Lipinski definition) is 2. The summed E-state index contributed by atoms with van der Waals surface area (Å²) < 4.78 is 5.81. The van der Waals surface area contributed by atoms with E-state index >= 15 is 0 Å². The molecule has 2 N–H and O–H groups in total. The third-order valence-corrected chi connectivity index (χ3v) is 4.42. The van der Waals surface area contributed by atoms with Crippen molar-refractivity contribution in [1.82, 2.24) is 15.6 Å². The lowest BCUT2D eigenvalue weighted by Crippen LogP contribution is -2.43. The number of nitrogens with zero attached hydrogens (tertiary/aromatic N) is 2. The zero-order chi connectivity index (χ0) is 19.4. The number of aromatic nitrogens is 1. The molecule has 150 valence electrons. The first-order valence-corrected chi connectivity index (χ1v) is 9.09. The third-order valence-electron chi connectivity index (χ3n) is 4.42. The van der Waals surface area contributed by atoms with Crippen LogP contribution in [0.25, 0.3) is 0 Å². The summed E-state index contributed by atoms with van der Waals surface area (Å²) in [5.41, 5.74) is 2.54. The Kier molecular flexibility index (Phi) is 8.32. The molecule has 1 aromatic carbocycles. The second-order valence-electron chi connectivity index (χ2n) is 8.40. The minimum Gasteiger partial charge on any atom is -0.443 e. The van der Waals surface area contributed by atoms with Gasteiger partial charge in [-0.25, -0.2) is 4.98 Å². The van der Waals surface area contributed by atoms with Crippen LogP contribution in [-0.2, 0) is 17.4 Å². The Balaban J connectivity index is 0.00000364. The first-order chi connectivity index (χ1) is 12.1. The first kappa shape index (κ1) is 23.5. The Morgan fingerprint density at radius 1 is 1.15 bits per heavy atom. The van der Waals surface area contributed by atoms with Crippen molar-refractivity contribution in [3.63, 3.8) is 0 Å². The molecule has 0 unspecified atom stereocenters. The Bertz CT molecular complexity index is 760. The van der Waals surface area contributed by atoms with Crippen LogP contribution in [0.4, 0.5) is 0 Å². The zero-order valence-corrected chi connectivity index (χ0v) is 19.8. The maximum Gasteiger partial charge on any atom is 0.213 e. The predicted octanol–water partition coefficient (Wildman–Crippen LogP) is 4.54. The molecular formula is C21H33IN4O. The Morgan fingerprint density at radius 2 is 1.85 bits per heavy atom. The number of aliphatic imine (C=N–C) groups is 1. The molecule has 0 bridgehead atoms. The van der Waals surface area contributed by atoms with Crippen LogP contribution >= 0.6 is 24.0 Å². The lowest BCUT2D eigenvalue weighted by atomic mass is 9.84. The van der Waals surface area contributed by atoms with Gasteiger partial charge in [0.05, 0.1) is 12.7 Å². The summed E-state index contributed by atoms with van der Waals surface area (Å²) in [5.74, 6) is 2.29. The van der Waals surface area contributed by atoms with Crippen molar-refractivity contribution in [2.75, 3.05) is 13.6 Å². The summed E-state index contributed by atoms with van der Waals surface area (Å²) >= 11 is 0. The second kappa shape index (κ2) is 9.57. The van der Waals surface area contributed by atoms with Crippen LogP contribution in [0.5, 0.6) is 0 Å². The highest BCUT2D eigenvalue weighted by Gasteiger charge is 2.22. The summed E-state index contributed by atoms with van der Waals surface area (Å²) in [7, 11) is 1.77. The van der Waals surface area contributed by atoms with Crippen molar-refractivity contribution in [3.8, 4) is 0 Å². The molecule has 0 spiro atoms. The fourth-order valence-electron chi connectivity index (χ4n) is 2.59. The molecule has 2 rings (SSSR count). The summed E-state index contributed by atoms with van der Waals surface area (Å²) in [4.78, 5) is 8.64. The predicted molar refractivity (Wildman–Crippen MR) is 123 cm³/mol. The summed E-state index contributed by atoms with van der Waals surface area (Å²) in [5, 5.41) is 6.67. The SMILES string of the molecule is CN=C(NCc1ncc(C(C)(C)C)o1)NCC(C)(C)c1cccc(C)c1.I. The van der Waals surface area contributed by atoms with Crippen molar-refractivity contribution < 1.29 is 4.42 Å². The van der Waals surface area contributed by atoms with Gasteiger partial charge in [0.2, 0.25) is 5.89 Å². The highest BCUT2D eigenvalue weighted by molar-refractivity contribution is 14.0. The van der Waals surface area contributed by atoms with Crippen LogP contribution in [0.2, 0.25) is 0 Å². The van der Waals surface area contributed by atoms with Crippen LogP contribution in [-0.4, -0.2) is 24.5 Å². The van der Waals surface area contributed by atoms with E-state index < -0.39 is 0 Å². The molecule has 0 aliphatic rings. The maximum absolute atomic E-state index is 5.81. The molecule has 2 aromatic rings. The Labute approximate surface area is 180 Å². The average molecular weight is 484 g/mol. The van der Waals surface area contributed by atoms with Crippen molar-refractivity contribution in [2.24, 2.45) is 4.99 Å². The maximum atomic E-state index is 5.81. The van der Waals surface area contributed by atoms with Gasteiger partial charge in [-0.3, -0.25) is 4.99 Å². The Morgan fingerprint density at radius 3 is 2.41 bits per heavy atom. The number of benzene rings is 1. The topological polar surface area (TPSA) is 62.5 Å². The molecule has 0 aliphatic heterocycles. The van der Waals surface area contributed by atoms with E-state index in [0.29, 0.717) is 12.4 Å². The molecule has 1 heterocycles. The van der Waals surface area contributed by atoms with Crippen molar-refractivity contribution >= 4 is 29.9 Å². The number of halogens is 1. The van der Waals surface area contributed by atoms with Gasteiger partial charge in [0.25, 0.3) is 0 Å². The molecule has 0 fully saturated rings. The summed E-state index contributed by atoms with van der Waals surface area (Å²) in [6.07, 6.45) is 1.80. The minimum atomic E-state index is -0.0387. The second-order valence-corrected chi connectivity index (χ2v) is 8.40. The van der Waals surface area contributed by atoms with Gasteiger partial charge in [0, 0.05) is 24.4 Å². The van der Waals surface area contributed by atoms with Crippen molar-refractivity contribution in [1.29, 1.82) is 0 Å². The van der Waals surface area contributed by atoms with E-state index in [-0.39, 0.29) is 34.8 Å². The van der Waals surface area contributed by atoms with E-state index in [1.165, 1.54) is 11.1 Å². The van der Waals surface area contributed by atoms with E-state index in [0.717, 1.165) is 18.3 Å². The quantitative estimate of drug-likeness (QED) is 0.372. The highest BCUT2D eigenvalue weighted by atomic mass is 127. The molecule has 0 amide bonds. The lowest BCUT2D eigenvalue weighted by molar-refractivity contribution is 0.379. The van der Waals surface area contributed by atoms with Crippen LogP contribution in [0, 0.1) is 6.92 Å². The van der Waals surface area contributed by atoms with E-state index in [1.54, 1.807) is 13.2 Å². The normalized spacial score (nSPS) is 12.5. The van der Waals surface area contributed by atoms with Gasteiger partial charge in [0.15, 0.2) is 5.96 Å². The molecule has 27 heavy (non-hydrogen) atoms. The van der Waals surface area contributed by atoms with Crippen molar-refractivity contribution in [3.05, 3.63) is 53.2 Å². The fraction of sp³-hybridized carbons (Fsp3) is 0.524. The molecule has 0 aliphatic carbocycles. The number of rotatable bonds is 5. The van der Waals surface area contributed by atoms with Gasteiger partial charge in [0.1, 0.15) is 5.76 Å². The van der Waals surface area contributed by atoms with Crippen LogP contribution in [0.3, 0.4) is 0 Å². The van der Waals surface area contributed by atoms with Gasteiger partial charge in [-0.1, -0.05) is 64.4 Å². The fourth-order valence-corrected chi connectivity index (χ4v) is 2.59. The molecule has 0 saturated carbocycles. The Hall–Kier alpha value is -1.57. The van der Waals surface area contributed by atoms with Crippen molar-refractivity contribution in [2.45, 2.75) is 58.9 Å². The summed E-state index contributed by atoms with van der Waals surface area (Å²) in [6, 6.07) is 8.63. The molecule has 0 radical (unpaired) electrons. The number of aryl methyl sites for hydroxylation is 1. The minimum absolute atomic E-state index is 0.